The molecule has 0 unspecified atom stereocenters. The molecule has 1 fully saturated rings. The molecule has 0 radical (unpaired) electrons. The van der Waals surface area contributed by atoms with Crippen molar-refractivity contribution >= 4 is 49.0 Å². The highest BCUT2D eigenvalue weighted by Gasteiger charge is 2.43. The third-order valence-corrected chi connectivity index (χ3v) is 13.5. The van der Waals surface area contributed by atoms with Gasteiger partial charge in [-0.2, -0.15) is 0 Å². The van der Waals surface area contributed by atoms with Crippen LogP contribution in [0.4, 0.5) is 0 Å². The van der Waals surface area contributed by atoms with Crippen LogP contribution in [-0.4, -0.2) is 43.6 Å². The second-order valence-corrected chi connectivity index (χ2v) is 17.1. The summed E-state index contributed by atoms with van der Waals surface area (Å²) in [4.78, 5) is 16.2. The number of carbonyl (C=O) groups is 1. The van der Waals surface area contributed by atoms with Gasteiger partial charge >= 0.3 is 5.97 Å². The van der Waals surface area contributed by atoms with E-state index < -0.39 is 8.32 Å². The Morgan fingerprint density at radius 2 is 2.07 bits per heavy atom. The van der Waals surface area contributed by atoms with E-state index in [9.17, 15) is 4.79 Å². The fraction of sp³-hybridized carbons (Fsp3) is 0.810. The van der Waals surface area contributed by atoms with Crippen molar-refractivity contribution in [3.05, 3.63) is 11.1 Å². The van der Waals surface area contributed by atoms with Crippen LogP contribution in [0.1, 0.15) is 57.9 Å². The molecular formula is C21H36ClNO3S2Si. The van der Waals surface area contributed by atoms with Gasteiger partial charge in [0, 0.05) is 23.1 Å². The third-order valence-electron chi connectivity index (χ3n) is 6.43. The Bertz CT molecular complexity index is 677. The van der Waals surface area contributed by atoms with Crippen LogP contribution in [0.25, 0.3) is 0 Å². The molecule has 0 aromatic carbocycles. The third kappa shape index (κ3) is 6.70. The van der Waals surface area contributed by atoms with Crippen LogP contribution in [0.3, 0.4) is 0 Å². The van der Waals surface area contributed by atoms with E-state index in [0.29, 0.717) is 30.1 Å². The van der Waals surface area contributed by atoms with Crippen LogP contribution < -0.4 is 0 Å². The Kier molecular flexibility index (Phi) is 9.11. The zero-order chi connectivity index (χ0) is 21.8. The highest BCUT2D eigenvalue weighted by atomic mass is 35.5. The van der Waals surface area contributed by atoms with Crippen LogP contribution in [-0.2, 0) is 9.16 Å². The van der Waals surface area contributed by atoms with Crippen molar-refractivity contribution < 1.29 is 14.0 Å². The average Bonchev–Trinajstić information content (AvgIpc) is 3.18. The molecule has 0 amide bonds. The number of thioether (sulfide) groups is 1. The number of carbonyl (C=O) groups excluding carboxylic acids is 1. The molecular weight excluding hydrogens is 442 g/mol. The summed E-state index contributed by atoms with van der Waals surface area (Å²) in [6, 6.07) is 0. The first-order chi connectivity index (χ1) is 13.5. The Balaban J connectivity index is 1.90. The van der Waals surface area contributed by atoms with Gasteiger partial charge < -0.3 is 9.16 Å². The number of hydrogen-bond donors (Lipinski definition) is 0. The first-order valence-corrected chi connectivity index (χ1v) is 15.7. The fourth-order valence-corrected chi connectivity index (χ4v) is 7.05. The minimum Gasteiger partial charge on any atom is -0.461 e. The molecule has 2 rings (SSSR count). The van der Waals surface area contributed by atoms with E-state index in [4.69, 9.17) is 20.8 Å². The summed E-state index contributed by atoms with van der Waals surface area (Å²) < 4.78 is 12.5. The van der Waals surface area contributed by atoms with E-state index in [-0.39, 0.29) is 16.4 Å². The minimum atomic E-state index is -1.75. The van der Waals surface area contributed by atoms with Crippen molar-refractivity contribution in [2.24, 2.45) is 17.8 Å². The Morgan fingerprint density at radius 1 is 1.38 bits per heavy atom. The smallest absolute Gasteiger partial charge is 0.357 e. The quantitative estimate of drug-likeness (QED) is 0.171. The molecule has 0 saturated heterocycles. The predicted molar refractivity (Wildman–Crippen MR) is 127 cm³/mol. The lowest BCUT2D eigenvalue weighted by Crippen LogP contribution is -2.42. The van der Waals surface area contributed by atoms with E-state index in [2.05, 4.69) is 45.8 Å². The summed E-state index contributed by atoms with van der Waals surface area (Å²) in [5, 5.41) is 2.21. The molecule has 1 saturated carbocycles. The highest BCUT2D eigenvalue weighted by Crippen LogP contribution is 2.45. The van der Waals surface area contributed by atoms with Gasteiger partial charge in [0.1, 0.15) is 0 Å². The molecule has 1 aromatic heterocycles. The number of esters is 1. The van der Waals surface area contributed by atoms with E-state index >= 15 is 0 Å². The molecule has 1 aromatic rings. The van der Waals surface area contributed by atoms with E-state index in [1.807, 2.05) is 0 Å². The number of nitrogens with zero attached hydrogens (tertiary/aromatic N) is 1. The van der Waals surface area contributed by atoms with Gasteiger partial charge in [-0.1, -0.05) is 39.5 Å². The summed E-state index contributed by atoms with van der Waals surface area (Å²) in [5.74, 6) is 2.18. The second kappa shape index (κ2) is 10.5. The Labute approximate surface area is 190 Å². The van der Waals surface area contributed by atoms with Crippen LogP contribution in [0.15, 0.2) is 9.72 Å². The van der Waals surface area contributed by atoms with Gasteiger partial charge in [0.15, 0.2) is 18.4 Å². The maximum Gasteiger partial charge on any atom is 0.357 e. The van der Waals surface area contributed by atoms with Gasteiger partial charge in [0.25, 0.3) is 0 Å². The zero-order valence-corrected chi connectivity index (χ0v) is 22.2. The van der Waals surface area contributed by atoms with Crippen molar-refractivity contribution in [2.45, 2.75) is 75.3 Å². The number of alkyl halides is 1. The van der Waals surface area contributed by atoms with Crippen LogP contribution >= 0.6 is 34.7 Å². The molecule has 0 spiro atoms. The summed E-state index contributed by atoms with van der Waals surface area (Å²) in [6.07, 6.45) is 2.11. The number of rotatable bonds is 9. The zero-order valence-electron chi connectivity index (χ0n) is 18.8. The SMILES string of the molecule is CCOC(=O)c1csc(SCC[C@@H]2[C@@H](CO[Si](C)(C)C(C)(C)C)[C@H](C)C[C@H]2Cl)n1. The molecule has 1 aliphatic carbocycles. The summed E-state index contributed by atoms with van der Waals surface area (Å²) in [5.41, 5.74) is 0.407. The van der Waals surface area contributed by atoms with Crippen molar-refractivity contribution in [2.75, 3.05) is 19.0 Å². The van der Waals surface area contributed by atoms with Gasteiger partial charge in [-0.3, -0.25) is 0 Å². The minimum absolute atomic E-state index is 0.213. The topological polar surface area (TPSA) is 48.4 Å². The molecule has 166 valence electrons. The standard InChI is InChI=1S/C21H36ClNO3S2Si/c1-8-25-19(24)18-13-28-20(23-18)27-10-9-15-16(14(2)11-17(15)22)12-26-29(6,7)21(3,4)5/h13-17H,8-12H2,1-7H3/t14-,15-,16+,17-/m1/s1. The molecule has 1 aliphatic rings. The summed E-state index contributed by atoms with van der Waals surface area (Å²) in [7, 11) is -1.75. The molecule has 4 nitrogen and oxygen atoms in total. The molecule has 8 heteroatoms. The van der Waals surface area contributed by atoms with Crippen molar-refractivity contribution in [3.8, 4) is 0 Å². The monoisotopic (exact) mass is 477 g/mol. The second-order valence-electron chi connectivity index (χ2n) is 9.48. The molecule has 29 heavy (non-hydrogen) atoms. The number of hydrogen-bond acceptors (Lipinski definition) is 6. The first-order valence-electron chi connectivity index (χ1n) is 10.5. The van der Waals surface area contributed by atoms with Gasteiger partial charge in [0.2, 0.25) is 0 Å². The van der Waals surface area contributed by atoms with Crippen molar-refractivity contribution in [1.29, 1.82) is 0 Å². The van der Waals surface area contributed by atoms with Crippen molar-refractivity contribution in [3.63, 3.8) is 0 Å². The molecule has 0 bridgehead atoms. The van der Waals surface area contributed by atoms with Gasteiger partial charge in [0.05, 0.1) is 6.61 Å². The summed E-state index contributed by atoms with van der Waals surface area (Å²) >= 11 is 9.95. The lowest BCUT2D eigenvalue weighted by molar-refractivity contribution is 0.0520. The Hall–Kier alpha value is -0.0831. The van der Waals surface area contributed by atoms with E-state index in [1.165, 1.54) is 11.3 Å². The molecule has 1 heterocycles. The van der Waals surface area contributed by atoms with Gasteiger partial charge in [-0.05, 0) is 55.7 Å². The van der Waals surface area contributed by atoms with E-state index in [0.717, 1.165) is 29.5 Å². The summed E-state index contributed by atoms with van der Waals surface area (Å²) in [6.45, 7) is 16.8. The van der Waals surface area contributed by atoms with E-state index in [1.54, 1.807) is 24.1 Å². The van der Waals surface area contributed by atoms with Crippen LogP contribution in [0.2, 0.25) is 18.1 Å². The molecule has 0 N–H and O–H groups in total. The molecule has 0 aliphatic heterocycles. The predicted octanol–water partition coefficient (Wildman–Crippen LogP) is 6.70. The molecule has 4 atom stereocenters. The first kappa shape index (κ1) is 25.2. The lowest BCUT2D eigenvalue weighted by Gasteiger charge is -2.38. The average molecular weight is 478 g/mol. The number of thiazole rings is 1. The normalized spacial score (nSPS) is 25.4. The van der Waals surface area contributed by atoms with Gasteiger partial charge in [-0.15, -0.1) is 22.9 Å². The maximum absolute atomic E-state index is 11.8. The van der Waals surface area contributed by atoms with Crippen molar-refractivity contribution in [1.82, 2.24) is 4.98 Å². The maximum atomic E-state index is 11.8. The number of aromatic nitrogens is 1. The fourth-order valence-electron chi connectivity index (χ4n) is 3.50. The van der Waals surface area contributed by atoms with Crippen LogP contribution in [0.5, 0.6) is 0 Å². The Morgan fingerprint density at radius 3 is 2.69 bits per heavy atom. The van der Waals surface area contributed by atoms with Crippen LogP contribution in [0, 0.1) is 17.8 Å². The highest BCUT2D eigenvalue weighted by molar-refractivity contribution is 8.01. The van der Waals surface area contributed by atoms with Gasteiger partial charge in [-0.25, -0.2) is 9.78 Å². The number of halogens is 1. The number of ether oxygens (including phenoxy) is 1. The lowest BCUT2D eigenvalue weighted by atomic mass is 9.89. The largest absolute Gasteiger partial charge is 0.461 e.